The van der Waals surface area contributed by atoms with Crippen LogP contribution in [0.25, 0.3) is 0 Å². The summed E-state index contributed by atoms with van der Waals surface area (Å²) in [5.74, 6) is 0.631. The summed E-state index contributed by atoms with van der Waals surface area (Å²) in [6.07, 6.45) is 4.19. The van der Waals surface area contributed by atoms with Crippen LogP contribution in [0.5, 0.6) is 5.75 Å². The molecule has 0 bridgehead atoms. The molecule has 0 N–H and O–H groups in total. The topological polar surface area (TPSA) is 68.7 Å². The Bertz CT molecular complexity index is 819. The van der Waals surface area contributed by atoms with Crippen LogP contribution in [0.15, 0.2) is 41.6 Å². The van der Waals surface area contributed by atoms with Crippen LogP contribution < -0.4 is 4.74 Å². The van der Waals surface area contributed by atoms with Crippen molar-refractivity contribution in [3.8, 4) is 5.75 Å². The normalized spacial score (nSPS) is 15.1. The molecule has 1 aliphatic rings. The summed E-state index contributed by atoms with van der Waals surface area (Å²) in [6.45, 7) is 1.26. The quantitative estimate of drug-likeness (QED) is 0.826. The van der Waals surface area contributed by atoms with Crippen LogP contribution in [0.3, 0.4) is 0 Å². The standard InChI is InChI=1S/C17H20N2O4S/c1-22-12-14-10-18-9-13-11-19(8-7-17(13)14)24(20,21)16-5-3-15(23-2)4-6-16/h3-6,9-10H,7-8,11-12H2,1-2H3. The van der Waals surface area contributed by atoms with Gasteiger partial charge in [-0.1, -0.05) is 0 Å². The fourth-order valence-corrected chi connectivity index (χ4v) is 4.34. The Labute approximate surface area is 142 Å². The van der Waals surface area contributed by atoms with Crippen LogP contribution in [-0.4, -0.2) is 38.5 Å². The van der Waals surface area contributed by atoms with Crippen LogP contribution in [0.4, 0.5) is 0 Å². The number of hydrogen-bond acceptors (Lipinski definition) is 5. The lowest BCUT2D eigenvalue weighted by atomic mass is 9.99. The summed E-state index contributed by atoms with van der Waals surface area (Å²) in [7, 11) is -0.343. The van der Waals surface area contributed by atoms with Crippen molar-refractivity contribution in [2.24, 2.45) is 0 Å². The van der Waals surface area contributed by atoms with Crippen molar-refractivity contribution in [3.05, 3.63) is 53.3 Å². The molecule has 0 amide bonds. The second-order valence-electron chi connectivity index (χ2n) is 5.63. The van der Waals surface area contributed by atoms with Gasteiger partial charge in [-0.15, -0.1) is 0 Å². The largest absolute Gasteiger partial charge is 0.497 e. The Hall–Kier alpha value is -1.96. The summed E-state index contributed by atoms with van der Waals surface area (Å²) >= 11 is 0. The van der Waals surface area contributed by atoms with Gasteiger partial charge in [0.15, 0.2) is 0 Å². The van der Waals surface area contributed by atoms with Gasteiger partial charge in [0.1, 0.15) is 5.75 Å². The van der Waals surface area contributed by atoms with Gasteiger partial charge in [-0.25, -0.2) is 8.42 Å². The van der Waals surface area contributed by atoms with Crippen LogP contribution in [0.1, 0.15) is 16.7 Å². The van der Waals surface area contributed by atoms with Crippen molar-refractivity contribution < 1.29 is 17.9 Å². The molecule has 2 aromatic rings. The fraction of sp³-hybridized carbons (Fsp3) is 0.353. The van der Waals surface area contributed by atoms with Gasteiger partial charge in [-0.2, -0.15) is 4.31 Å². The SMILES string of the molecule is COCc1cncc2c1CCN(S(=O)(=O)c1ccc(OC)cc1)C2. The molecule has 0 aliphatic carbocycles. The molecule has 1 aliphatic heterocycles. The molecule has 1 aromatic carbocycles. The van der Waals surface area contributed by atoms with E-state index in [1.165, 1.54) is 4.31 Å². The molecule has 3 rings (SSSR count). The monoisotopic (exact) mass is 348 g/mol. The average Bonchev–Trinajstić information content (AvgIpc) is 2.62. The Kier molecular flexibility index (Phi) is 4.84. The van der Waals surface area contributed by atoms with Crippen molar-refractivity contribution in [2.75, 3.05) is 20.8 Å². The van der Waals surface area contributed by atoms with Crippen LogP contribution >= 0.6 is 0 Å². The number of hydrogen-bond donors (Lipinski definition) is 0. The number of rotatable bonds is 5. The highest BCUT2D eigenvalue weighted by molar-refractivity contribution is 7.89. The van der Waals surface area contributed by atoms with Gasteiger partial charge in [0.2, 0.25) is 10.0 Å². The number of methoxy groups -OCH3 is 2. The van der Waals surface area contributed by atoms with E-state index in [1.807, 2.05) is 0 Å². The molecular formula is C17H20N2O4S. The first-order valence-corrected chi connectivity index (χ1v) is 9.08. The zero-order chi connectivity index (χ0) is 17.2. The van der Waals surface area contributed by atoms with Gasteiger partial charge < -0.3 is 9.47 Å². The van der Waals surface area contributed by atoms with Crippen molar-refractivity contribution >= 4 is 10.0 Å². The Morgan fingerprint density at radius 2 is 1.92 bits per heavy atom. The summed E-state index contributed by atoms with van der Waals surface area (Å²) in [5.41, 5.74) is 3.11. The van der Waals surface area contributed by atoms with E-state index in [0.717, 1.165) is 16.7 Å². The van der Waals surface area contributed by atoms with E-state index >= 15 is 0 Å². The zero-order valence-corrected chi connectivity index (χ0v) is 14.5. The van der Waals surface area contributed by atoms with E-state index in [1.54, 1.807) is 50.9 Å². The molecule has 2 heterocycles. The van der Waals surface area contributed by atoms with Crippen LogP contribution in [-0.2, 0) is 34.3 Å². The van der Waals surface area contributed by atoms with Crippen LogP contribution in [0.2, 0.25) is 0 Å². The van der Waals surface area contributed by atoms with Gasteiger partial charge in [-0.3, -0.25) is 4.98 Å². The second-order valence-corrected chi connectivity index (χ2v) is 7.57. The lowest BCUT2D eigenvalue weighted by Gasteiger charge is -2.29. The number of benzene rings is 1. The molecule has 128 valence electrons. The molecule has 0 fully saturated rings. The average molecular weight is 348 g/mol. The van der Waals surface area contributed by atoms with Gasteiger partial charge in [-0.05, 0) is 47.4 Å². The highest BCUT2D eigenvalue weighted by Crippen LogP contribution is 2.27. The smallest absolute Gasteiger partial charge is 0.243 e. The first-order valence-electron chi connectivity index (χ1n) is 7.64. The first-order chi connectivity index (χ1) is 11.6. The first kappa shape index (κ1) is 16.9. The summed E-state index contributed by atoms with van der Waals surface area (Å²) in [5, 5.41) is 0. The number of aromatic nitrogens is 1. The molecule has 0 spiro atoms. The lowest BCUT2D eigenvalue weighted by molar-refractivity contribution is 0.183. The second kappa shape index (κ2) is 6.88. The van der Waals surface area contributed by atoms with Crippen molar-refractivity contribution in [1.29, 1.82) is 0 Å². The highest BCUT2D eigenvalue weighted by Gasteiger charge is 2.29. The van der Waals surface area contributed by atoms with Crippen molar-refractivity contribution in [2.45, 2.75) is 24.5 Å². The van der Waals surface area contributed by atoms with Crippen molar-refractivity contribution in [3.63, 3.8) is 0 Å². The lowest BCUT2D eigenvalue weighted by Crippen LogP contribution is -2.36. The molecule has 6 nitrogen and oxygen atoms in total. The maximum Gasteiger partial charge on any atom is 0.243 e. The number of pyridine rings is 1. The van der Waals surface area contributed by atoms with E-state index < -0.39 is 10.0 Å². The maximum atomic E-state index is 12.8. The predicted octanol–water partition coefficient (Wildman–Crippen LogP) is 1.98. The zero-order valence-electron chi connectivity index (χ0n) is 13.7. The third-order valence-electron chi connectivity index (χ3n) is 4.19. The minimum Gasteiger partial charge on any atom is -0.497 e. The molecule has 7 heteroatoms. The third kappa shape index (κ3) is 3.15. The Morgan fingerprint density at radius 1 is 1.17 bits per heavy atom. The van der Waals surface area contributed by atoms with Crippen LogP contribution in [0, 0.1) is 0 Å². The number of nitrogens with zero attached hydrogens (tertiary/aromatic N) is 2. The molecule has 24 heavy (non-hydrogen) atoms. The van der Waals surface area contributed by atoms with Gasteiger partial charge in [0.05, 0.1) is 18.6 Å². The molecular weight excluding hydrogens is 328 g/mol. The fourth-order valence-electron chi connectivity index (χ4n) is 2.92. The Morgan fingerprint density at radius 3 is 2.58 bits per heavy atom. The molecule has 1 aromatic heterocycles. The van der Waals surface area contributed by atoms with Gasteiger partial charge in [0, 0.05) is 32.6 Å². The molecule has 0 unspecified atom stereocenters. The molecule has 0 atom stereocenters. The molecule has 0 saturated carbocycles. The predicted molar refractivity (Wildman–Crippen MR) is 89.2 cm³/mol. The summed E-state index contributed by atoms with van der Waals surface area (Å²) in [4.78, 5) is 4.48. The van der Waals surface area contributed by atoms with E-state index in [4.69, 9.17) is 9.47 Å². The van der Waals surface area contributed by atoms with Gasteiger partial charge >= 0.3 is 0 Å². The van der Waals surface area contributed by atoms with E-state index in [-0.39, 0.29) is 4.90 Å². The van der Waals surface area contributed by atoms with Crippen molar-refractivity contribution in [1.82, 2.24) is 9.29 Å². The number of fused-ring (bicyclic) bond motifs is 1. The molecule has 0 saturated heterocycles. The summed E-state index contributed by atoms with van der Waals surface area (Å²) < 4.78 is 37.5. The van der Waals surface area contributed by atoms with Gasteiger partial charge in [0.25, 0.3) is 0 Å². The highest BCUT2D eigenvalue weighted by atomic mass is 32.2. The summed E-state index contributed by atoms with van der Waals surface area (Å²) in [6, 6.07) is 6.46. The third-order valence-corrected chi connectivity index (χ3v) is 6.05. The maximum absolute atomic E-state index is 12.8. The van der Waals surface area contributed by atoms with E-state index in [0.29, 0.717) is 31.9 Å². The molecule has 0 radical (unpaired) electrons. The van der Waals surface area contributed by atoms with E-state index in [2.05, 4.69) is 4.98 Å². The Balaban J connectivity index is 1.87. The minimum atomic E-state index is -3.54. The minimum absolute atomic E-state index is 0.271. The number of ether oxygens (including phenoxy) is 2. The number of sulfonamides is 1. The van der Waals surface area contributed by atoms with E-state index in [9.17, 15) is 8.42 Å².